The summed E-state index contributed by atoms with van der Waals surface area (Å²) in [6.07, 6.45) is 5.62. The van der Waals surface area contributed by atoms with Gasteiger partial charge in [0.2, 0.25) is 0 Å². The van der Waals surface area contributed by atoms with Gasteiger partial charge in [-0.15, -0.1) is 11.3 Å². The number of aliphatic hydroxyl groups is 1. The lowest BCUT2D eigenvalue weighted by Crippen LogP contribution is -2.50. The minimum atomic E-state index is -0.701. The van der Waals surface area contributed by atoms with Crippen molar-refractivity contribution in [3.8, 4) is 5.75 Å². The van der Waals surface area contributed by atoms with E-state index in [1.54, 1.807) is 11.3 Å². The number of hydrogen-bond donors (Lipinski definition) is 2. The number of phenolic OH excluding ortho intramolecular Hbond substituents is 1. The number of aryl methyl sites for hydroxylation is 1. The highest BCUT2D eigenvalue weighted by Gasteiger charge is 2.52. The van der Waals surface area contributed by atoms with Crippen LogP contribution in [-0.2, 0) is 23.9 Å². The molecule has 2 N–H and O–H groups in total. The van der Waals surface area contributed by atoms with Gasteiger partial charge >= 0.3 is 0 Å². The number of hydrogen-bond acceptors (Lipinski definition) is 3. The Balaban J connectivity index is 1.58. The van der Waals surface area contributed by atoms with Crippen molar-refractivity contribution in [3.05, 3.63) is 87.6 Å². The maximum atomic E-state index is 11.5. The van der Waals surface area contributed by atoms with E-state index in [9.17, 15) is 10.2 Å². The molecule has 1 unspecified atom stereocenters. The lowest BCUT2D eigenvalue weighted by Gasteiger charge is -2.53. The third-order valence-electron chi connectivity index (χ3n) is 7.08. The number of fused-ring (bicyclic) bond motifs is 3. The molecule has 0 amide bonds. The van der Waals surface area contributed by atoms with Gasteiger partial charge in [0, 0.05) is 10.3 Å². The molecule has 0 bridgehead atoms. The first-order chi connectivity index (χ1) is 13.6. The van der Waals surface area contributed by atoms with E-state index in [4.69, 9.17) is 0 Å². The Morgan fingerprint density at radius 2 is 1.86 bits per heavy atom. The van der Waals surface area contributed by atoms with Crippen molar-refractivity contribution in [1.82, 2.24) is 0 Å². The van der Waals surface area contributed by atoms with Crippen LogP contribution >= 0.6 is 11.3 Å². The normalized spacial score (nSPS) is 29.1. The van der Waals surface area contributed by atoms with Gasteiger partial charge in [-0.1, -0.05) is 42.5 Å². The summed E-state index contributed by atoms with van der Waals surface area (Å²) >= 11 is 1.68. The zero-order chi connectivity index (χ0) is 19.2. The molecule has 1 saturated carbocycles. The summed E-state index contributed by atoms with van der Waals surface area (Å²) in [4.78, 5) is 1.11. The van der Waals surface area contributed by atoms with Crippen LogP contribution in [0.15, 0.2) is 66.0 Å². The van der Waals surface area contributed by atoms with Gasteiger partial charge in [-0.2, -0.15) is 0 Å². The van der Waals surface area contributed by atoms with Crippen molar-refractivity contribution >= 4 is 11.3 Å². The van der Waals surface area contributed by atoms with Gasteiger partial charge < -0.3 is 10.2 Å². The van der Waals surface area contributed by atoms with Crippen LogP contribution in [0.1, 0.15) is 47.3 Å². The van der Waals surface area contributed by atoms with E-state index in [0.29, 0.717) is 11.7 Å². The largest absolute Gasteiger partial charge is 0.508 e. The maximum Gasteiger partial charge on any atom is 0.115 e. The molecule has 2 nitrogen and oxygen atoms in total. The molecule has 0 aliphatic heterocycles. The zero-order valence-corrected chi connectivity index (χ0v) is 16.8. The quantitative estimate of drug-likeness (QED) is 0.614. The molecular weight excluding hydrogens is 364 g/mol. The Labute approximate surface area is 170 Å². The van der Waals surface area contributed by atoms with Crippen LogP contribution in [0.5, 0.6) is 5.75 Å². The molecule has 3 heteroatoms. The predicted octanol–water partition coefficient (Wildman–Crippen LogP) is 5.57. The molecule has 0 spiro atoms. The van der Waals surface area contributed by atoms with Crippen LogP contribution < -0.4 is 0 Å². The summed E-state index contributed by atoms with van der Waals surface area (Å²) in [5, 5.41) is 23.6. The van der Waals surface area contributed by atoms with Crippen molar-refractivity contribution in [2.75, 3.05) is 0 Å². The lowest BCUT2D eigenvalue weighted by atomic mass is 9.52. The van der Waals surface area contributed by atoms with Crippen LogP contribution in [0.3, 0.4) is 0 Å². The summed E-state index contributed by atoms with van der Waals surface area (Å²) in [6, 6.07) is 20.8. The average molecular weight is 391 g/mol. The van der Waals surface area contributed by atoms with Crippen LogP contribution in [0.4, 0.5) is 0 Å². The Morgan fingerprint density at radius 3 is 2.64 bits per heavy atom. The Kier molecular flexibility index (Phi) is 4.33. The molecule has 0 saturated heterocycles. The highest BCUT2D eigenvalue weighted by atomic mass is 32.1. The van der Waals surface area contributed by atoms with Gasteiger partial charge in [-0.3, -0.25) is 0 Å². The van der Waals surface area contributed by atoms with Gasteiger partial charge in [-0.05, 0) is 84.7 Å². The molecule has 3 atom stereocenters. The molecule has 1 fully saturated rings. The minimum Gasteiger partial charge on any atom is -0.508 e. The van der Waals surface area contributed by atoms with Crippen molar-refractivity contribution in [3.63, 3.8) is 0 Å². The molecular formula is C25H26O2S. The van der Waals surface area contributed by atoms with E-state index in [1.165, 1.54) is 16.7 Å². The summed E-state index contributed by atoms with van der Waals surface area (Å²) < 4.78 is 0. The highest BCUT2D eigenvalue weighted by molar-refractivity contribution is 7.10. The van der Waals surface area contributed by atoms with Crippen LogP contribution in [0, 0.1) is 5.92 Å². The van der Waals surface area contributed by atoms with Gasteiger partial charge in [-0.25, -0.2) is 0 Å². The van der Waals surface area contributed by atoms with E-state index in [2.05, 4.69) is 47.8 Å². The Bertz CT molecular complexity index is 965. The number of rotatable bonds is 3. The van der Waals surface area contributed by atoms with Crippen molar-refractivity contribution in [1.29, 1.82) is 0 Å². The molecule has 0 radical (unpaired) electrons. The van der Waals surface area contributed by atoms with E-state index in [-0.39, 0.29) is 5.41 Å². The summed E-state index contributed by atoms with van der Waals surface area (Å²) in [5.74, 6) is 0.795. The second kappa shape index (κ2) is 6.75. The van der Waals surface area contributed by atoms with E-state index >= 15 is 0 Å². The monoisotopic (exact) mass is 390 g/mol. The van der Waals surface area contributed by atoms with Crippen LogP contribution in [0.2, 0.25) is 0 Å². The first kappa shape index (κ1) is 18.0. The van der Waals surface area contributed by atoms with Crippen molar-refractivity contribution in [2.24, 2.45) is 5.92 Å². The average Bonchev–Trinajstić information content (AvgIpc) is 3.25. The second-order valence-electron chi connectivity index (χ2n) is 8.61. The Morgan fingerprint density at radius 1 is 1.00 bits per heavy atom. The third kappa shape index (κ3) is 2.89. The fourth-order valence-electron chi connectivity index (χ4n) is 5.73. The van der Waals surface area contributed by atoms with Crippen molar-refractivity contribution in [2.45, 2.75) is 49.5 Å². The highest BCUT2D eigenvalue weighted by Crippen LogP contribution is 2.57. The standard InChI is InChI=1S/C25H26O2S/c26-21-10-11-22-19(15-21)8-9-20-17-25(27,23-7-4-14-28-23)13-12-24(20,22)16-18-5-2-1-3-6-18/h1-7,10-11,14-15,20,26-27H,8-9,12-13,16-17H2/t20-,24+,25?/m1/s1. The first-order valence-corrected chi connectivity index (χ1v) is 11.1. The van der Waals surface area contributed by atoms with Gasteiger partial charge in [0.25, 0.3) is 0 Å². The van der Waals surface area contributed by atoms with Gasteiger partial charge in [0.05, 0.1) is 5.60 Å². The Hall–Kier alpha value is -2.10. The smallest absolute Gasteiger partial charge is 0.115 e. The predicted molar refractivity (Wildman–Crippen MR) is 114 cm³/mol. The number of benzene rings is 2. The molecule has 1 aromatic heterocycles. The van der Waals surface area contributed by atoms with Crippen LogP contribution in [-0.4, -0.2) is 10.2 Å². The molecule has 28 heavy (non-hydrogen) atoms. The fraction of sp³-hybridized carbons (Fsp3) is 0.360. The summed E-state index contributed by atoms with van der Waals surface area (Å²) in [7, 11) is 0. The van der Waals surface area contributed by atoms with Gasteiger partial charge in [0.15, 0.2) is 0 Å². The molecule has 1 heterocycles. The summed E-state index contributed by atoms with van der Waals surface area (Å²) in [5.41, 5.74) is 3.36. The van der Waals surface area contributed by atoms with Crippen molar-refractivity contribution < 1.29 is 10.2 Å². The minimum absolute atomic E-state index is 0.0339. The van der Waals surface area contributed by atoms with E-state index in [0.717, 1.165) is 43.4 Å². The summed E-state index contributed by atoms with van der Waals surface area (Å²) in [6.45, 7) is 0. The zero-order valence-electron chi connectivity index (χ0n) is 16.0. The maximum absolute atomic E-state index is 11.5. The van der Waals surface area contributed by atoms with Gasteiger partial charge in [0.1, 0.15) is 5.75 Å². The first-order valence-electron chi connectivity index (χ1n) is 10.2. The van der Waals surface area contributed by atoms with E-state index in [1.807, 2.05) is 18.2 Å². The topological polar surface area (TPSA) is 40.5 Å². The molecule has 2 aliphatic rings. The van der Waals surface area contributed by atoms with E-state index < -0.39 is 5.60 Å². The molecule has 2 aliphatic carbocycles. The number of thiophene rings is 1. The molecule has 144 valence electrons. The number of aromatic hydroxyl groups is 1. The molecule has 5 rings (SSSR count). The van der Waals surface area contributed by atoms with Crippen LogP contribution in [0.25, 0.3) is 0 Å². The number of phenols is 1. The second-order valence-corrected chi connectivity index (χ2v) is 9.56. The molecule has 3 aromatic rings. The fourth-order valence-corrected chi connectivity index (χ4v) is 6.60. The molecule has 2 aromatic carbocycles. The lowest BCUT2D eigenvalue weighted by molar-refractivity contribution is -0.0531. The third-order valence-corrected chi connectivity index (χ3v) is 8.14. The SMILES string of the molecule is Oc1ccc2c(c1)CC[C@@H]1CC(O)(c3cccs3)CC[C@@]21Cc1ccccc1.